The van der Waals surface area contributed by atoms with Crippen molar-refractivity contribution in [2.75, 3.05) is 12.8 Å². The zero-order valence-corrected chi connectivity index (χ0v) is 37.0. The summed E-state index contributed by atoms with van der Waals surface area (Å²) in [5.74, 6) is 0.445. The highest BCUT2D eigenvalue weighted by molar-refractivity contribution is 7.55. The van der Waals surface area contributed by atoms with Crippen LogP contribution in [0.3, 0.4) is 0 Å². The van der Waals surface area contributed by atoms with Gasteiger partial charge >= 0.3 is 7.60 Å². The summed E-state index contributed by atoms with van der Waals surface area (Å²) < 4.78 is 41.1. The number of Topliss-reactive ketones (excluding diaryl/α,β-unsaturated/α-hetero) is 1. The maximum atomic E-state index is 14.5. The Bertz CT molecular complexity index is 1240. The van der Waals surface area contributed by atoms with Crippen molar-refractivity contribution in [1.82, 2.24) is 0 Å². The van der Waals surface area contributed by atoms with Crippen LogP contribution in [0.25, 0.3) is 0 Å². The smallest absolute Gasteiger partial charge is 0.416 e. The van der Waals surface area contributed by atoms with Gasteiger partial charge in [0.05, 0.1) is 6.10 Å². The molecule has 2 aromatic rings. The van der Waals surface area contributed by atoms with Crippen LogP contribution in [0.5, 0.6) is 11.5 Å². The van der Waals surface area contributed by atoms with E-state index >= 15 is 0 Å². The van der Waals surface area contributed by atoms with Gasteiger partial charge in [0.25, 0.3) is 0 Å². The van der Waals surface area contributed by atoms with Crippen molar-refractivity contribution in [3.63, 3.8) is 0 Å². The third kappa shape index (κ3) is 11.1. The van der Waals surface area contributed by atoms with E-state index in [4.69, 9.17) is 17.9 Å². The van der Waals surface area contributed by atoms with E-state index in [0.717, 1.165) is 6.42 Å². The van der Waals surface area contributed by atoms with E-state index in [1.165, 1.54) is 0 Å². The minimum Gasteiger partial charge on any atom is -0.416 e. The van der Waals surface area contributed by atoms with Gasteiger partial charge in [-0.1, -0.05) is 140 Å². The number of hydrogen-bond donors (Lipinski definition) is 0. The molecule has 0 fully saturated rings. The highest BCUT2D eigenvalue weighted by atomic mass is 31.2. The van der Waals surface area contributed by atoms with E-state index in [9.17, 15) is 9.36 Å². The Morgan fingerprint density at radius 3 is 1.34 bits per heavy atom. The van der Waals surface area contributed by atoms with Crippen molar-refractivity contribution in [3.05, 3.63) is 60.7 Å². The molecule has 284 valence electrons. The minimum atomic E-state index is -3.95. The largest absolute Gasteiger partial charge is 0.438 e. The summed E-state index contributed by atoms with van der Waals surface area (Å²) in [5, 5.41) is 0. The van der Waals surface area contributed by atoms with Crippen LogP contribution in [0.4, 0.5) is 0 Å². The number of hydrogen-bond acceptors (Lipinski definition) is 6. The molecule has 50 heavy (non-hydrogen) atoms. The lowest BCUT2D eigenvalue weighted by Crippen LogP contribution is -2.53. The highest BCUT2D eigenvalue weighted by Gasteiger charge is 2.50. The molecule has 0 aliphatic carbocycles. The highest BCUT2D eigenvalue weighted by Crippen LogP contribution is 2.50. The third-order valence-electron chi connectivity index (χ3n) is 11.0. The van der Waals surface area contributed by atoms with Gasteiger partial charge in [0.1, 0.15) is 17.7 Å². The fourth-order valence-corrected chi connectivity index (χ4v) is 21.9. The second kappa shape index (κ2) is 19.4. The van der Waals surface area contributed by atoms with Gasteiger partial charge in [0.15, 0.2) is 14.1 Å². The molecule has 2 aromatic carbocycles. The van der Waals surface area contributed by atoms with Crippen LogP contribution < -0.4 is 9.05 Å². The molecule has 0 radical (unpaired) electrons. The molecule has 0 spiro atoms. The normalized spacial score (nSPS) is 15.6. The summed E-state index contributed by atoms with van der Waals surface area (Å²) in [6.07, 6.45) is 0.153. The Hall–Kier alpha value is -1.71. The molecule has 0 heterocycles. The summed E-state index contributed by atoms with van der Waals surface area (Å²) in [4.78, 5) is 14.4. The lowest BCUT2D eigenvalue weighted by molar-refractivity contribution is -0.124. The predicted octanol–water partition coefficient (Wildman–Crippen LogP) is 13.0. The lowest BCUT2D eigenvalue weighted by Gasteiger charge is -2.47. The first-order chi connectivity index (χ1) is 23.2. The first kappa shape index (κ1) is 44.5. The molecule has 6 nitrogen and oxygen atoms in total. The Kier molecular flexibility index (Phi) is 17.2. The molecule has 0 aromatic heterocycles. The van der Waals surface area contributed by atoms with Crippen LogP contribution in [-0.4, -0.2) is 41.3 Å². The molecule has 4 atom stereocenters. The summed E-state index contributed by atoms with van der Waals surface area (Å²) >= 11 is 0. The van der Waals surface area contributed by atoms with E-state index in [-0.39, 0.29) is 29.9 Å². The van der Waals surface area contributed by atoms with Crippen molar-refractivity contribution in [3.8, 4) is 11.5 Å². The quantitative estimate of drug-likeness (QED) is 0.0882. The molecule has 0 saturated carbocycles. The molecular formula is C41H71O6PSi2. The fraction of sp³-hybridized carbons (Fsp3) is 0.683. The van der Waals surface area contributed by atoms with Crippen LogP contribution in [-0.2, 0) is 18.2 Å². The van der Waals surface area contributed by atoms with Gasteiger partial charge in [-0.3, -0.25) is 4.79 Å². The van der Waals surface area contributed by atoms with Crippen LogP contribution in [0.2, 0.25) is 33.2 Å². The molecule has 0 N–H and O–H groups in total. The SMILES string of the molecule is CC(C)[Si](OC[C@H](C)C[C@H](C)[C@H](O[Si](C(C)C)(C(C)C)C(C)C)[C@@H](C)C(=O)CP(=O)(Oc1ccccc1)Oc1ccccc1)(C(C)C)C(C)C. The Morgan fingerprint density at radius 2 is 0.980 bits per heavy atom. The van der Waals surface area contributed by atoms with Gasteiger partial charge in [-0.05, 0) is 75.8 Å². The molecule has 0 amide bonds. The standard InChI is InChI=1S/C41H71O6PSi2/c1-29(2)49(30(3)4,31(5)6)44-27-35(13)26-36(14)41(47-50(32(7)8,33(9)10)34(11)12)37(15)40(42)28-48(43,45-38-22-18-16-19-23-38)46-39-24-20-17-21-25-39/h16-25,29-37,41H,26-28H2,1-15H3/t35-,36+,37+,41+/m1/s1. The van der Waals surface area contributed by atoms with Crippen molar-refractivity contribution >= 4 is 30.0 Å². The number of carbonyl (C=O) groups excluding carboxylic acids is 1. The zero-order valence-electron chi connectivity index (χ0n) is 34.1. The number of para-hydroxylation sites is 2. The van der Waals surface area contributed by atoms with E-state index in [1.54, 1.807) is 24.3 Å². The number of carbonyl (C=O) groups is 1. The summed E-state index contributed by atoms with van der Waals surface area (Å²) in [5.41, 5.74) is 2.60. The van der Waals surface area contributed by atoms with E-state index in [2.05, 4.69) is 96.9 Å². The third-order valence-corrected chi connectivity index (χ3v) is 24.9. The summed E-state index contributed by atoms with van der Waals surface area (Å²) in [6.45, 7) is 34.8. The molecule has 0 aliphatic heterocycles. The molecule has 0 aliphatic rings. The second-order valence-corrected chi connectivity index (χ2v) is 29.4. The number of benzene rings is 2. The zero-order chi connectivity index (χ0) is 38.0. The van der Waals surface area contributed by atoms with Gasteiger partial charge in [0.2, 0.25) is 8.32 Å². The maximum Gasteiger partial charge on any atom is 0.438 e. The average molecular weight is 747 g/mol. The summed E-state index contributed by atoms with van der Waals surface area (Å²) in [7, 11) is -8.36. The van der Waals surface area contributed by atoms with Crippen molar-refractivity contribution in [2.45, 2.75) is 150 Å². The molecule has 9 heteroatoms. The van der Waals surface area contributed by atoms with Gasteiger partial charge in [-0.2, -0.15) is 0 Å². The van der Waals surface area contributed by atoms with Gasteiger partial charge in [-0.25, -0.2) is 4.57 Å². The van der Waals surface area contributed by atoms with Crippen molar-refractivity contribution in [1.29, 1.82) is 0 Å². The number of rotatable bonds is 22. The van der Waals surface area contributed by atoms with Gasteiger partial charge in [-0.15, -0.1) is 0 Å². The molecule has 0 unspecified atom stereocenters. The van der Waals surface area contributed by atoms with Gasteiger partial charge < -0.3 is 17.9 Å². The Balaban J connectivity index is 2.48. The van der Waals surface area contributed by atoms with E-state index in [1.807, 2.05) is 43.3 Å². The monoisotopic (exact) mass is 746 g/mol. The van der Waals surface area contributed by atoms with Crippen LogP contribution >= 0.6 is 7.60 Å². The molecule has 0 bridgehead atoms. The van der Waals surface area contributed by atoms with Crippen molar-refractivity contribution in [2.24, 2.45) is 17.8 Å². The lowest BCUT2D eigenvalue weighted by atomic mass is 9.85. The second-order valence-electron chi connectivity index (χ2n) is 16.7. The molecule has 2 rings (SSSR count). The predicted molar refractivity (Wildman–Crippen MR) is 217 cm³/mol. The van der Waals surface area contributed by atoms with E-state index in [0.29, 0.717) is 51.4 Å². The Labute approximate surface area is 308 Å². The molecular weight excluding hydrogens is 676 g/mol. The van der Waals surface area contributed by atoms with Gasteiger partial charge in [0, 0.05) is 12.5 Å². The van der Waals surface area contributed by atoms with Crippen LogP contribution in [0, 0.1) is 17.8 Å². The van der Waals surface area contributed by atoms with Crippen molar-refractivity contribution < 1.29 is 27.3 Å². The molecule has 0 saturated heterocycles. The average Bonchev–Trinajstić information content (AvgIpc) is 3.01. The van der Waals surface area contributed by atoms with E-state index < -0.39 is 30.1 Å². The Morgan fingerprint density at radius 1 is 0.600 bits per heavy atom. The first-order valence-corrected chi connectivity index (χ1v) is 25.2. The van der Waals surface area contributed by atoms with Crippen LogP contribution in [0.15, 0.2) is 60.7 Å². The first-order valence-electron chi connectivity index (χ1n) is 19.2. The summed E-state index contributed by atoms with van der Waals surface area (Å²) in [6, 6.07) is 17.9. The fourth-order valence-electron chi connectivity index (χ4n) is 8.86. The minimum absolute atomic E-state index is 0.0633. The maximum absolute atomic E-state index is 14.5. The van der Waals surface area contributed by atoms with Crippen LogP contribution in [0.1, 0.15) is 110 Å². The number of ketones is 1. The topological polar surface area (TPSA) is 71.1 Å².